The molecular formula is C26H32F3N3O2. The van der Waals surface area contributed by atoms with E-state index >= 15 is 0 Å². The van der Waals surface area contributed by atoms with Crippen LogP contribution in [-0.4, -0.2) is 45.9 Å². The van der Waals surface area contributed by atoms with E-state index in [4.69, 9.17) is 11.5 Å². The predicted octanol–water partition coefficient (Wildman–Crippen LogP) is 3.15. The maximum atomic E-state index is 13.4. The Morgan fingerprint density at radius 1 is 1.06 bits per heavy atom. The van der Waals surface area contributed by atoms with Gasteiger partial charge in [0, 0.05) is 18.6 Å². The van der Waals surface area contributed by atoms with E-state index in [0.717, 1.165) is 23.3 Å². The number of aliphatic hydroxyl groups is 2. The summed E-state index contributed by atoms with van der Waals surface area (Å²) >= 11 is 0. The minimum Gasteiger partial charge on any atom is -0.395 e. The van der Waals surface area contributed by atoms with E-state index in [-0.39, 0.29) is 25.2 Å². The highest BCUT2D eigenvalue weighted by Crippen LogP contribution is 2.48. The van der Waals surface area contributed by atoms with Crippen LogP contribution in [0.3, 0.4) is 0 Å². The Morgan fingerprint density at radius 2 is 1.76 bits per heavy atom. The van der Waals surface area contributed by atoms with Gasteiger partial charge in [-0.15, -0.1) is 0 Å². The first-order chi connectivity index (χ1) is 16.0. The third-order valence-corrected chi connectivity index (χ3v) is 7.64. The quantitative estimate of drug-likeness (QED) is 0.499. The Morgan fingerprint density at radius 3 is 2.38 bits per heavy atom. The molecule has 0 spiro atoms. The zero-order valence-corrected chi connectivity index (χ0v) is 19.2. The standard InChI is InChI=1S/C26H32F3N3O2/c1-24(16-34)22-13-25(31,19-8-5-9-20(12-19)26(27,28)29)23(30)11-18(22)10-21(15-33)32(24)14-17-6-3-2-4-7-17/h2-9,12-13,18,21,23,33-34H,10-11,14-16,30-31H2,1H3. The molecule has 6 N–H and O–H groups in total. The first-order valence-electron chi connectivity index (χ1n) is 11.5. The topological polar surface area (TPSA) is 95.7 Å². The molecule has 1 aliphatic carbocycles. The van der Waals surface area contributed by atoms with Crippen LogP contribution in [0.1, 0.15) is 36.5 Å². The number of rotatable bonds is 5. The minimum absolute atomic E-state index is 0.0428. The van der Waals surface area contributed by atoms with Crippen molar-refractivity contribution in [1.29, 1.82) is 0 Å². The van der Waals surface area contributed by atoms with E-state index < -0.39 is 28.9 Å². The summed E-state index contributed by atoms with van der Waals surface area (Å²) in [5, 5.41) is 20.8. The molecule has 1 fully saturated rings. The van der Waals surface area contributed by atoms with Gasteiger partial charge in [0.1, 0.15) is 0 Å². The second kappa shape index (κ2) is 9.09. The van der Waals surface area contributed by atoms with Crippen molar-refractivity contribution in [2.75, 3.05) is 13.2 Å². The van der Waals surface area contributed by atoms with Crippen molar-refractivity contribution in [2.24, 2.45) is 17.4 Å². The summed E-state index contributed by atoms with van der Waals surface area (Å²) in [6, 6.07) is 13.9. The van der Waals surface area contributed by atoms with Gasteiger partial charge >= 0.3 is 6.18 Å². The Bertz CT molecular complexity index is 1050. The molecular weight excluding hydrogens is 443 g/mol. The van der Waals surface area contributed by atoms with Crippen LogP contribution in [0.4, 0.5) is 13.2 Å². The van der Waals surface area contributed by atoms with Gasteiger partial charge in [-0.3, -0.25) is 4.90 Å². The normalized spacial score (nSPS) is 32.2. The van der Waals surface area contributed by atoms with Crippen molar-refractivity contribution in [2.45, 2.75) is 55.6 Å². The summed E-state index contributed by atoms with van der Waals surface area (Å²) in [5.41, 5.74) is 12.5. The number of nitrogens with zero attached hydrogens (tertiary/aromatic N) is 1. The second-order valence-corrected chi connectivity index (χ2v) is 9.77. The zero-order valence-electron chi connectivity index (χ0n) is 19.2. The molecule has 34 heavy (non-hydrogen) atoms. The number of likely N-dealkylation sites (tertiary alicyclic amines) is 1. The SMILES string of the molecule is CC1(CO)C2=CC(N)(c3cccc(C(F)(F)F)c3)C(N)CC2CC(CO)N1Cc1ccccc1. The summed E-state index contributed by atoms with van der Waals surface area (Å²) < 4.78 is 40.2. The van der Waals surface area contributed by atoms with Gasteiger partial charge in [0.15, 0.2) is 0 Å². The predicted molar refractivity (Wildman–Crippen MR) is 124 cm³/mol. The summed E-state index contributed by atoms with van der Waals surface area (Å²) in [6.45, 7) is 2.09. The lowest BCUT2D eigenvalue weighted by atomic mass is 9.63. The molecule has 0 radical (unpaired) electrons. The number of fused-ring (bicyclic) bond motifs is 1. The van der Waals surface area contributed by atoms with Crippen LogP contribution in [0.25, 0.3) is 0 Å². The smallest absolute Gasteiger partial charge is 0.395 e. The monoisotopic (exact) mass is 475 g/mol. The van der Waals surface area contributed by atoms with Crippen molar-refractivity contribution in [3.63, 3.8) is 0 Å². The molecule has 2 aromatic carbocycles. The molecule has 0 amide bonds. The van der Waals surface area contributed by atoms with Gasteiger partial charge in [0.25, 0.3) is 0 Å². The first-order valence-corrected chi connectivity index (χ1v) is 11.5. The Balaban J connectivity index is 1.80. The number of nitrogens with two attached hydrogens (primary N) is 2. The number of aliphatic hydroxyl groups excluding tert-OH is 2. The first kappa shape index (κ1) is 24.9. The maximum Gasteiger partial charge on any atom is 0.416 e. The summed E-state index contributed by atoms with van der Waals surface area (Å²) in [7, 11) is 0. The molecule has 0 bridgehead atoms. The fourth-order valence-corrected chi connectivity index (χ4v) is 5.65. The average Bonchev–Trinajstić information content (AvgIpc) is 2.82. The van der Waals surface area contributed by atoms with Crippen molar-refractivity contribution in [3.8, 4) is 0 Å². The van der Waals surface area contributed by atoms with Crippen LogP contribution < -0.4 is 11.5 Å². The van der Waals surface area contributed by atoms with Gasteiger partial charge in [-0.25, -0.2) is 0 Å². The van der Waals surface area contributed by atoms with Crippen molar-refractivity contribution in [3.05, 3.63) is 82.9 Å². The number of hydrogen-bond donors (Lipinski definition) is 4. The fourth-order valence-electron chi connectivity index (χ4n) is 5.65. The van der Waals surface area contributed by atoms with Crippen LogP contribution in [0.5, 0.6) is 0 Å². The summed E-state index contributed by atoms with van der Waals surface area (Å²) in [4.78, 5) is 2.08. The molecule has 184 valence electrons. The van der Waals surface area contributed by atoms with E-state index in [0.29, 0.717) is 24.9 Å². The highest BCUT2D eigenvalue weighted by molar-refractivity contribution is 5.43. The van der Waals surface area contributed by atoms with E-state index in [1.807, 2.05) is 37.3 Å². The Labute approximate surface area is 197 Å². The van der Waals surface area contributed by atoms with Gasteiger partial charge in [-0.05, 0) is 54.5 Å². The van der Waals surface area contributed by atoms with Crippen LogP contribution in [-0.2, 0) is 18.3 Å². The number of alkyl halides is 3. The lowest BCUT2D eigenvalue weighted by molar-refractivity contribution is -0.137. The molecule has 4 rings (SSSR count). The molecule has 0 aromatic heterocycles. The molecule has 1 saturated heterocycles. The van der Waals surface area contributed by atoms with E-state index in [9.17, 15) is 23.4 Å². The minimum atomic E-state index is -4.49. The fraction of sp³-hybridized carbons (Fsp3) is 0.462. The van der Waals surface area contributed by atoms with E-state index in [1.165, 1.54) is 6.07 Å². The van der Waals surface area contributed by atoms with Crippen LogP contribution in [0.2, 0.25) is 0 Å². The number of hydrogen-bond acceptors (Lipinski definition) is 5. The van der Waals surface area contributed by atoms with Crippen molar-refractivity contribution >= 4 is 0 Å². The molecule has 2 aliphatic rings. The van der Waals surface area contributed by atoms with Gasteiger partial charge in [0.2, 0.25) is 0 Å². The molecule has 5 atom stereocenters. The highest BCUT2D eigenvalue weighted by Gasteiger charge is 2.52. The molecule has 1 aliphatic heterocycles. The zero-order chi connectivity index (χ0) is 24.7. The lowest BCUT2D eigenvalue weighted by Crippen LogP contribution is -2.65. The Hall–Kier alpha value is -2.23. The van der Waals surface area contributed by atoms with E-state index in [1.54, 1.807) is 12.1 Å². The maximum absolute atomic E-state index is 13.4. The third-order valence-electron chi connectivity index (χ3n) is 7.64. The highest BCUT2D eigenvalue weighted by atomic mass is 19.4. The number of halogens is 3. The lowest BCUT2D eigenvalue weighted by Gasteiger charge is -2.56. The molecule has 8 heteroatoms. The number of piperidine rings is 1. The number of benzene rings is 2. The van der Waals surface area contributed by atoms with Crippen LogP contribution in [0, 0.1) is 5.92 Å². The third kappa shape index (κ3) is 4.29. The van der Waals surface area contributed by atoms with Gasteiger partial charge in [-0.1, -0.05) is 48.5 Å². The van der Waals surface area contributed by atoms with Gasteiger partial charge in [-0.2, -0.15) is 13.2 Å². The van der Waals surface area contributed by atoms with E-state index in [2.05, 4.69) is 4.90 Å². The summed E-state index contributed by atoms with van der Waals surface area (Å²) in [5.74, 6) is -0.0428. The largest absolute Gasteiger partial charge is 0.416 e. The van der Waals surface area contributed by atoms with Gasteiger partial charge in [0.05, 0.1) is 29.9 Å². The van der Waals surface area contributed by atoms with Crippen molar-refractivity contribution in [1.82, 2.24) is 4.90 Å². The molecule has 5 nitrogen and oxygen atoms in total. The Kier molecular flexibility index (Phi) is 6.65. The average molecular weight is 476 g/mol. The molecule has 5 unspecified atom stereocenters. The van der Waals surface area contributed by atoms with Crippen molar-refractivity contribution < 1.29 is 23.4 Å². The summed E-state index contributed by atoms with van der Waals surface area (Å²) in [6.07, 6.45) is -1.64. The second-order valence-electron chi connectivity index (χ2n) is 9.77. The van der Waals surface area contributed by atoms with Gasteiger partial charge < -0.3 is 21.7 Å². The molecule has 2 aromatic rings. The molecule has 0 saturated carbocycles. The van der Waals surface area contributed by atoms with Crippen LogP contribution >= 0.6 is 0 Å². The van der Waals surface area contributed by atoms with Crippen LogP contribution in [0.15, 0.2) is 66.2 Å². The molecule has 1 heterocycles.